The Hall–Kier alpha value is -8.30. The molecule has 0 bridgehead atoms. The van der Waals surface area contributed by atoms with E-state index in [2.05, 4.69) is 0 Å². The highest BCUT2D eigenvalue weighted by atomic mass is 19.1. The van der Waals surface area contributed by atoms with Gasteiger partial charge >= 0.3 is 6.09 Å². The third-order valence-corrected chi connectivity index (χ3v) is 17.4. The van der Waals surface area contributed by atoms with Gasteiger partial charge in [-0.15, -0.1) is 0 Å². The Bertz CT molecular complexity index is 3660. The molecule has 504 valence electrons. The van der Waals surface area contributed by atoms with Crippen LogP contribution in [0.4, 0.5) is 9.18 Å². The van der Waals surface area contributed by atoms with Crippen molar-refractivity contribution in [1.82, 2.24) is 4.90 Å². The van der Waals surface area contributed by atoms with Crippen LogP contribution in [0, 0.1) is 0 Å². The molecule has 0 spiro atoms. The average Bonchev–Trinajstić information content (AvgIpc) is 1.70. The molecule has 9 aromatic rings. The van der Waals surface area contributed by atoms with Gasteiger partial charge in [0.2, 0.25) is 0 Å². The van der Waals surface area contributed by atoms with Crippen LogP contribution < -0.4 is 0 Å². The monoisotopic (exact) mass is 1310 g/mol. The molecule has 0 unspecified atom stereocenters. The Morgan fingerprint density at radius 1 is 0.330 bits per heavy atom. The van der Waals surface area contributed by atoms with E-state index in [0.29, 0.717) is 0 Å². The van der Waals surface area contributed by atoms with Crippen molar-refractivity contribution in [2.45, 2.75) is 139 Å². The van der Waals surface area contributed by atoms with Crippen LogP contribution in [-0.4, -0.2) is 117 Å². The fourth-order valence-corrected chi connectivity index (χ4v) is 12.4. The molecule has 1 amide bonds. The minimum atomic E-state index is -1.37. The smallest absolute Gasteiger partial charge is 0.410 e. The topological polar surface area (TPSA) is 140 Å². The molecule has 97 heavy (non-hydrogen) atoms. The molecule has 3 heterocycles. The third kappa shape index (κ3) is 19.7. The van der Waals surface area contributed by atoms with E-state index in [0.717, 1.165) is 50.1 Å². The van der Waals surface area contributed by atoms with Gasteiger partial charge in [0.15, 0.2) is 12.6 Å². The van der Waals surface area contributed by atoms with Crippen molar-refractivity contribution in [2.24, 2.45) is 0 Å². The van der Waals surface area contributed by atoms with Gasteiger partial charge in [0.05, 0.1) is 78.7 Å². The van der Waals surface area contributed by atoms with Crippen molar-refractivity contribution in [1.29, 1.82) is 0 Å². The van der Waals surface area contributed by atoms with Crippen molar-refractivity contribution in [2.75, 3.05) is 26.4 Å². The van der Waals surface area contributed by atoms with Crippen molar-refractivity contribution in [3.63, 3.8) is 0 Å². The number of ether oxygens (including phenoxy) is 13. The second-order valence-electron chi connectivity index (χ2n) is 24.3. The molecule has 3 fully saturated rings. The number of alkyl halides is 1. The fraction of sp³-hybridized carbons (Fsp3) is 0.321. The number of benzene rings is 9. The summed E-state index contributed by atoms with van der Waals surface area (Å²) in [5, 5.41) is 0. The second-order valence-corrected chi connectivity index (χ2v) is 24.3. The molecule has 3 aliphatic rings. The van der Waals surface area contributed by atoms with Gasteiger partial charge < -0.3 is 61.6 Å². The number of amides is 1. The number of carbonyl (C=O) groups excluding carboxylic acids is 1. The van der Waals surface area contributed by atoms with Crippen molar-refractivity contribution in [3.8, 4) is 0 Å². The summed E-state index contributed by atoms with van der Waals surface area (Å²) in [4.78, 5) is 16.5. The predicted molar refractivity (Wildman–Crippen MR) is 362 cm³/mol. The summed E-state index contributed by atoms with van der Waals surface area (Å²) in [6.45, 7) is 0.207. The summed E-state index contributed by atoms with van der Waals surface area (Å²) in [6.07, 6.45) is -13.6. The standard InChI is InChI=1S/C81H84FNO14/c82-46-69-73(88-51-62-34-16-4-17-35-62)75(89-52-63-36-18-5-19-37-63)77(91-54-65-40-22-7-23-41-65)79(94-69)97-74-71(58-86-49-60-30-12-2-13-31-60)95-80(78(92-55-66-42-24-8-25-43-66)76(74)90-53-64-38-20-6-21-39-64)96-72-68(57-85-48-59-28-10-1-11-29-59)83(81(84)93-56-67-44-26-9-27-45-67)47-70(72)87-50-61-32-14-3-15-33-61/h1-45,68-80H,46-58H2/t68-,69+,70-,71+,72+,73+,74+,75-,76-,77+,78+,79-,80+/m0/s1. The Kier molecular flexibility index (Phi) is 25.7. The van der Waals surface area contributed by atoms with E-state index in [1.165, 1.54) is 0 Å². The number of carbonyl (C=O) groups is 1. The normalized spacial score (nSPS) is 24.0. The maximum absolute atomic E-state index is 16.3. The lowest BCUT2D eigenvalue weighted by Gasteiger charge is -2.50. The average molecular weight is 1310 g/mol. The lowest BCUT2D eigenvalue weighted by atomic mass is 9.95. The SMILES string of the molecule is O=C(OCc1ccccc1)N1C[C@H](OCc2ccccc2)[C@H](O[C@H]2O[C@H](COCc3ccccc3)[C@@H](O[C@@H]3O[C@H](CF)[C@@H](OCc4ccccc4)[C@H](OCc4ccccc4)[C@H]3OCc3ccccc3)[C@H](OCc3ccccc3)[C@H]2OCc2ccccc2)[C@@H]1COCc1ccccc1. The van der Waals surface area contributed by atoms with Crippen LogP contribution in [0.1, 0.15) is 50.1 Å². The van der Waals surface area contributed by atoms with Crippen LogP contribution in [0.5, 0.6) is 0 Å². The Labute approximate surface area is 567 Å². The number of likely N-dealkylation sites (tertiary alicyclic amines) is 1. The Morgan fingerprint density at radius 2 is 0.629 bits per heavy atom. The van der Waals surface area contributed by atoms with E-state index < -0.39 is 92.4 Å². The van der Waals surface area contributed by atoms with Crippen LogP contribution in [0.25, 0.3) is 0 Å². The summed E-state index contributed by atoms with van der Waals surface area (Å²) >= 11 is 0. The molecule has 0 aromatic heterocycles. The number of hydrogen-bond donors (Lipinski definition) is 0. The quantitative estimate of drug-likeness (QED) is 0.0385. The molecule has 0 aliphatic carbocycles. The first-order chi connectivity index (χ1) is 48.0. The van der Waals surface area contributed by atoms with E-state index in [-0.39, 0.29) is 79.2 Å². The molecule has 12 rings (SSSR count). The van der Waals surface area contributed by atoms with Gasteiger partial charge in [-0.3, -0.25) is 4.90 Å². The fourth-order valence-electron chi connectivity index (χ4n) is 12.4. The maximum Gasteiger partial charge on any atom is 0.410 e. The summed E-state index contributed by atoms with van der Waals surface area (Å²) < 4.78 is 108. The van der Waals surface area contributed by atoms with Gasteiger partial charge in [-0.25, -0.2) is 9.18 Å². The summed E-state index contributed by atoms with van der Waals surface area (Å²) in [7, 11) is 0. The molecule has 15 nitrogen and oxygen atoms in total. The first kappa shape index (κ1) is 68.6. The highest BCUT2D eigenvalue weighted by molar-refractivity contribution is 5.69. The molecule has 0 saturated carbocycles. The zero-order chi connectivity index (χ0) is 66.1. The molecule has 13 atom stereocenters. The number of rotatable bonds is 33. The van der Waals surface area contributed by atoms with Gasteiger partial charge in [-0.2, -0.15) is 0 Å². The zero-order valence-electron chi connectivity index (χ0n) is 54.2. The Balaban J connectivity index is 0.954. The lowest BCUT2D eigenvalue weighted by molar-refractivity contribution is -0.381. The van der Waals surface area contributed by atoms with E-state index in [1.54, 1.807) is 4.90 Å². The number of nitrogens with zero attached hydrogens (tertiary/aromatic N) is 1. The van der Waals surface area contributed by atoms with Crippen LogP contribution in [0.2, 0.25) is 0 Å². The van der Waals surface area contributed by atoms with E-state index in [4.69, 9.17) is 61.6 Å². The van der Waals surface area contributed by atoms with Gasteiger partial charge in [0.1, 0.15) is 74.3 Å². The van der Waals surface area contributed by atoms with Gasteiger partial charge in [0.25, 0.3) is 0 Å². The second kappa shape index (κ2) is 36.3. The third-order valence-electron chi connectivity index (χ3n) is 17.4. The summed E-state index contributed by atoms with van der Waals surface area (Å²) in [5.74, 6) is 0. The minimum Gasteiger partial charge on any atom is -0.445 e. The Morgan fingerprint density at radius 3 is 1.01 bits per heavy atom. The van der Waals surface area contributed by atoms with E-state index >= 15 is 4.39 Å². The largest absolute Gasteiger partial charge is 0.445 e. The predicted octanol–water partition coefficient (Wildman–Crippen LogP) is 14.1. The van der Waals surface area contributed by atoms with Crippen LogP contribution in [0.3, 0.4) is 0 Å². The zero-order valence-corrected chi connectivity index (χ0v) is 54.2. The molecule has 3 aliphatic heterocycles. The summed E-state index contributed by atoms with van der Waals surface area (Å²) in [5.41, 5.74) is 7.95. The van der Waals surface area contributed by atoms with Crippen LogP contribution in [-0.2, 0) is 121 Å². The number of hydrogen-bond acceptors (Lipinski definition) is 14. The summed E-state index contributed by atoms with van der Waals surface area (Å²) in [6, 6.07) is 87.1. The van der Waals surface area contributed by atoms with E-state index in [1.807, 2.05) is 273 Å². The maximum atomic E-state index is 16.3. The molecular formula is C81H84FNO14. The molecule has 16 heteroatoms. The van der Waals surface area contributed by atoms with E-state index in [9.17, 15) is 4.79 Å². The van der Waals surface area contributed by atoms with Crippen LogP contribution in [0.15, 0.2) is 273 Å². The molecule has 9 aromatic carbocycles. The van der Waals surface area contributed by atoms with Gasteiger partial charge in [-0.1, -0.05) is 273 Å². The molecule has 3 saturated heterocycles. The van der Waals surface area contributed by atoms with Crippen LogP contribution >= 0.6 is 0 Å². The van der Waals surface area contributed by atoms with Crippen molar-refractivity contribution < 1.29 is 70.8 Å². The van der Waals surface area contributed by atoms with Crippen molar-refractivity contribution >= 4 is 6.09 Å². The highest BCUT2D eigenvalue weighted by Gasteiger charge is 2.57. The molecule has 0 N–H and O–H groups in total. The van der Waals surface area contributed by atoms with Crippen molar-refractivity contribution in [3.05, 3.63) is 323 Å². The first-order valence-electron chi connectivity index (χ1n) is 33.3. The highest BCUT2D eigenvalue weighted by Crippen LogP contribution is 2.39. The van der Waals surface area contributed by atoms with Gasteiger partial charge in [0, 0.05) is 0 Å². The number of halogens is 1. The van der Waals surface area contributed by atoms with Gasteiger partial charge in [-0.05, 0) is 50.1 Å². The molecule has 0 radical (unpaired) electrons. The minimum absolute atomic E-state index is 0.0133. The lowest BCUT2D eigenvalue weighted by Crippen LogP contribution is -2.66. The molecular weight excluding hydrogens is 1230 g/mol. The first-order valence-corrected chi connectivity index (χ1v) is 33.3.